The molecule has 7 heteroatoms. The zero-order valence-electron chi connectivity index (χ0n) is 19.2. The lowest BCUT2D eigenvalue weighted by Crippen LogP contribution is -2.36. The van der Waals surface area contributed by atoms with Crippen LogP contribution >= 0.6 is 6.42 Å². The van der Waals surface area contributed by atoms with Crippen molar-refractivity contribution < 1.29 is 4.52 Å². The minimum atomic E-state index is -2.74. The maximum Gasteiger partial charge on any atom is 0.258 e. The van der Waals surface area contributed by atoms with Crippen molar-refractivity contribution >= 4 is 29.6 Å². The number of rotatable bonds is 4. The first-order valence-electron chi connectivity index (χ1n) is 11.6. The van der Waals surface area contributed by atoms with Gasteiger partial charge in [0.25, 0.3) is 6.42 Å². The monoisotopic (exact) mass is 476 g/mol. The molecule has 1 unspecified atom stereocenters. The van der Waals surface area contributed by atoms with E-state index in [9.17, 15) is 5.26 Å². The van der Waals surface area contributed by atoms with Gasteiger partial charge in [0.15, 0.2) is 0 Å². The highest BCUT2D eigenvalue weighted by Crippen LogP contribution is 2.67. The normalized spacial score (nSPS) is 24.2. The Morgan fingerprint density at radius 2 is 1.70 bits per heavy atom. The van der Waals surface area contributed by atoms with Crippen LogP contribution < -0.4 is 9.30 Å². The molecule has 0 saturated carbocycles. The number of benzene rings is 2. The molecule has 2 heterocycles. The van der Waals surface area contributed by atoms with Crippen LogP contribution in [0.25, 0.3) is 0 Å². The van der Waals surface area contributed by atoms with E-state index in [0.29, 0.717) is 11.3 Å². The van der Waals surface area contributed by atoms with Gasteiger partial charge in [0.05, 0.1) is 28.3 Å². The van der Waals surface area contributed by atoms with E-state index < -0.39 is 6.42 Å². The molecule has 2 aromatic carbocycles. The van der Waals surface area contributed by atoms with Crippen LogP contribution in [0.3, 0.4) is 0 Å². The average molecular weight is 477 g/mol. The summed E-state index contributed by atoms with van der Waals surface area (Å²) in [5, 5.41) is 15.5. The topological polar surface area (TPSA) is 51.9 Å². The van der Waals surface area contributed by atoms with Gasteiger partial charge in [0.2, 0.25) is 0 Å². The van der Waals surface area contributed by atoms with Gasteiger partial charge in [-0.05, 0) is 85.7 Å². The number of hydrogen-bond acceptors (Lipinski definition) is 5. The number of hydrazone groups is 1. The van der Waals surface area contributed by atoms with E-state index in [0.717, 1.165) is 42.6 Å². The molecule has 3 aliphatic rings. The Hall–Kier alpha value is -2.61. The van der Waals surface area contributed by atoms with E-state index in [-0.39, 0.29) is 5.41 Å². The number of anilines is 1. The van der Waals surface area contributed by atoms with Crippen molar-refractivity contribution in [1.82, 2.24) is 4.90 Å². The van der Waals surface area contributed by atoms with Crippen LogP contribution in [0.2, 0.25) is 0 Å². The molecule has 2 aliphatic heterocycles. The summed E-state index contributed by atoms with van der Waals surface area (Å²) in [6.45, 7) is 6.79. The molecule has 5 nitrogen and oxygen atoms in total. The number of piperidine rings is 1. The molecular formula is C26H29N4OPS. The van der Waals surface area contributed by atoms with Crippen LogP contribution in [0.1, 0.15) is 51.5 Å². The van der Waals surface area contributed by atoms with Crippen LogP contribution in [0.4, 0.5) is 5.69 Å². The van der Waals surface area contributed by atoms with E-state index in [1.165, 1.54) is 25.0 Å². The highest BCUT2D eigenvalue weighted by atomic mass is 32.4. The molecule has 1 aliphatic carbocycles. The first kappa shape index (κ1) is 22.2. The van der Waals surface area contributed by atoms with Gasteiger partial charge in [-0.15, -0.1) is 0 Å². The largest absolute Gasteiger partial charge is 0.443 e. The molecule has 0 bridgehead atoms. The number of allylic oxidation sites excluding steroid dienone is 2. The first-order valence-corrected chi connectivity index (χ1v) is 14.3. The van der Waals surface area contributed by atoms with Crippen LogP contribution in [-0.2, 0) is 11.8 Å². The predicted octanol–water partition coefficient (Wildman–Crippen LogP) is 6.64. The van der Waals surface area contributed by atoms with Crippen molar-refractivity contribution in [3.05, 3.63) is 71.2 Å². The summed E-state index contributed by atoms with van der Waals surface area (Å²) in [5.74, 6) is 0.685. The zero-order valence-corrected chi connectivity index (χ0v) is 20.9. The summed E-state index contributed by atoms with van der Waals surface area (Å²) in [4.78, 5) is 2.55. The van der Waals surface area contributed by atoms with Crippen molar-refractivity contribution in [3.63, 3.8) is 0 Å². The van der Waals surface area contributed by atoms with Crippen molar-refractivity contribution in [2.75, 3.05) is 17.9 Å². The maximum absolute atomic E-state index is 9.19. The minimum absolute atomic E-state index is 0.121. The summed E-state index contributed by atoms with van der Waals surface area (Å²) in [7, 11) is 0. The van der Waals surface area contributed by atoms with Gasteiger partial charge in [-0.1, -0.05) is 32.0 Å². The fraction of sp³-hybridized carbons (Fsp3) is 0.385. The van der Waals surface area contributed by atoms with Crippen LogP contribution in [0.5, 0.6) is 5.75 Å². The van der Waals surface area contributed by atoms with E-state index in [1.54, 1.807) is 12.1 Å². The molecule has 5 rings (SSSR count). The van der Waals surface area contributed by atoms with Gasteiger partial charge in [-0.3, -0.25) is 0 Å². The number of likely N-dealkylation sites (tertiary alicyclic amines) is 1. The molecular weight excluding hydrogens is 447 g/mol. The number of hydrogen-bond donors (Lipinski definition) is 0. The second kappa shape index (κ2) is 8.63. The molecule has 0 amide bonds. The molecule has 170 valence electrons. The lowest BCUT2D eigenvalue weighted by atomic mass is 9.78. The second-order valence-electron chi connectivity index (χ2n) is 9.78. The van der Waals surface area contributed by atoms with Crippen molar-refractivity contribution in [2.24, 2.45) is 10.5 Å². The Bertz CT molecular complexity index is 1190. The third-order valence-electron chi connectivity index (χ3n) is 6.52. The lowest BCUT2D eigenvalue weighted by Gasteiger charge is -2.41. The highest BCUT2D eigenvalue weighted by molar-refractivity contribution is 8.15. The third kappa shape index (κ3) is 4.21. The Kier molecular flexibility index (Phi) is 5.80. The van der Waals surface area contributed by atoms with Gasteiger partial charge in [-0.2, -0.15) is 15.1 Å². The first-order chi connectivity index (χ1) is 15.9. The number of para-hydroxylation sites is 1. The van der Waals surface area contributed by atoms with Gasteiger partial charge in [-0.25, -0.2) is 0 Å². The average Bonchev–Trinajstić information content (AvgIpc) is 3.11. The van der Waals surface area contributed by atoms with Gasteiger partial charge >= 0.3 is 0 Å². The summed E-state index contributed by atoms with van der Waals surface area (Å²) < 4.78 is 8.71. The van der Waals surface area contributed by atoms with Crippen LogP contribution in [-0.4, -0.2) is 23.7 Å². The molecule has 1 fully saturated rings. The van der Waals surface area contributed by atoms with E-state index in [1.807, 2.05) is 35.1 Å². The SMILES string of the molecule is CC1(C)CC2=NN(c3ccccc3)P(=S)(Oc3ccc(C#N)cc3)C2=C(N2CCCCC2)C1. The fourth-order valence-corrected chi connectivity index (χ4v) is 8.70. The standard InChI is InChI=1S/C26H29N4OPS/c1-26(2)17-23-25(24(18-26)29-15-7-4-8-16-29)32(33,30(28-23)21-9-5-3-6-10-21)31-22-13-11-20(19-27)12-14-22/h3,5-6,9-14H,4,7-8,15-18H2,1-2H3. The van der Waals surface area contributed by atoms with E-state index in [2.05, 4.69) is 36.9 Å². The van der Waals surface area contributed by atoms with Crippen LogP contribution in [0, 0.1) is 16.7 Å². The predicted molar refractivity (Wildman–Crippen MR) is 138 cm³/mol. The fourth-order valence-electron chi connectivity index (χ4n) is 4.99. The smallest absolute Gasteiger partial charge is 0.258 e. The second-order valence-corrected chi connectivity index (χ2v) is 13.3. The summed E-state index contributed by atoms with van der Waals surface area (Å²) in [6, 6.07) is 19.6. The number of nitriles is 1. The Labute approximate surface area is 201 Å². The summed E-state index contributed by atoms with van der Waals surface area (Å²) in [6.07, 6.45) is 2.85. The minimum Gasteiger partial charge on any atom is -0.443 e. The molecule has 0 spiro atoms. The number of fused-ring (bicyclic) bond motifs is 1. The molecule has 0 radical (unpaired) electrons. The zero-order chi connectivity index (χ0) is 23.1. The Morgan fingerprint density at radius 1 is 1.00 bits per heavy atom. The lowest BCUT2D eigenvalue weighted by molar-refractivity contribution is 0.240. The number of nitrogens with zero attached hydrogens (tertiary/aromatic N) is 4. The van der Waals surface area contributed by atoms with Crippen molar-refractivity contribution in [1.29, 1.82) is 5.26 Å². The van der Waals surface area contributed by atoms with E-state index in [4.69, 9.17) is 21.4 Å². The van der Waals surface area contributed by atoms with Gasteiger partial charge in [0.1, 0.15) is 5.75 Å². The Morgan fingerprint density at radius 3 is 2.36 bits per heavy atom. The third-order valence-corrected chi connectivity index (χ3v) is 10.1. The molecule has 0 aromatic heterocycles. The summed E-state index contributed by atoms with van der Waals surface area (Å²) >= 11 is 6.48. The highest BCUT2D eigenvalue weighted by Gasteiger charge is 2.49. The molecule has 0 N–H and O–H groups in total. The van der Waals surface area contributed by atoms with Gasteiger partial charge in [0, 0.05) is 18.8 Å². The van der Waals surface area contributed by atoms with Crippen LogP contribution in [0.15, 0.2) is 70.7 Å². The molecule has 2 aromatic rings. The van der Waals surface area contributed by atoms with Crippen molar-refractivity contribution in [3.8, 4) is 11.8 Å². The Balaban J connectivity index is 1.66. The summed E-state index contributed by atoms with van der Waals surface area (Å²) in [5.41, 5.74) is 4.10. The van der Waals surface area contributed by atoms with Gasteiger partial charge < -0.3 is 9.42 Å². The molecule has 1 atom stereocenters. The molecule has 1 saturated heterocycles. The van der Waals surface area contributed by atoms with E-state index >= 15 is 0 Å². The molecule has 33 heavy (non-hydrogen) atoms. The van der Waals surface area contributed by atoms with Crippen molar-refractivity contribution in [2.45, 2.75) is 46.0 Å². The maximum atomic E-state index is 9.19. The quantitative estimate of drug-likeness (QED) is 0.463.